The summed E-state index contributed by atoms with van der Waals surface area (Å²) in [7, 11) is 0. The molecule has 4 aliphatic carbocycles. The predicted octanol–water partition coefficient (Wildman–Crippen LogP) is 3.79. The van der Waals surface area contributed by atoms with E-state index in [1.807, 2.05) is 13.8 Å². The molecule has 0 aliphatic heterocycles. The zero-order chi connectivity index (χ0) is 18.3. The van der Waals surface area contributed by atoms with Gasteiger partial charge in [0.1, 0.15) is 12.0 Å². The first-order valence-electron chi connectivity index (χ1n) is 9.69. The third-order valence-corrected chi connectivity index (χ3v) is 8.97. The standard InChI is InChI=1S/C21H29FO3/c1-18(12-23)8-7-15-16-5-4-13-10-14(24)6-9-19(13,2)21(16,22)17(25)11-20(15,18)3/h10,12,15-17,25H,4-9,11H2,1-3H3. The summed E-state index contributed by atoms with van der Waals surface area (Å²) in [4.78, 5) is 23.7. The minimum Gasteiger partial charge on any atom is -0.390 e. The van der Waals surface area contributed by atoms with Gasteiger partial charge in [-0.25, -0.2) is 4.39 Å². The number of allylic oxidation sites excluding steroid dienone is 1. The van der Waals surface area contributed by atoms with Gasteiger partial charge in [-0.3, -0.25) is 4.79 Å². The van der Waals surface area contributed by atoms with Gasteiger partial charge in [-0.1, -0.05) is 26.3 Å². The molecule has 0 spiro atoms. The molecule has 4 rings (SSSR count). The summed E-state index contributed by atoms with van der Waals surface area (Å²) in [5.41, 5.74) is -2.40. The van der Waals surface area contributed by atoms with Gasteiger partial charge >= 0.3 is 0 Å². The molecule has 1 N–H and O–H groups in total. The monoisotopic (exact) mass is 348 g/mol. The number of aldehydes is 1. The molecule has 4 aliphatic rings. The second-order valence-electron chi connectivity index (χ2n) is 9.70. The van der Waals surface area contributed by atoms with Crippen LogP contribution in [-0.4, -0.2) is 28.9 Å². The Morgan fingerprint density at radius 1 is 1.16 bits per heavy atom. The average molecular weight is 348 g/mol. The summed E-state index contributed by atoms with van der Waals surface area (Å²) in [5.74, 6) is -0.0375. The molecule has 3 saturated carbocycles. The maximum atomic E-state index is 16.7. The van der Waals surface area contributed by atoms with Crippen LogP contribution in [0.15, 0.2) is 11.6 Å². The summed E-state index contributed by atoms with van der Waals surface area (Å²) in [6.45, 7) is 5.98. The Hall–Kier alpha value is -1.03. The molecule has 25 heavy (non-hydrogen) atoms. The first-order chi connectivity index (χ1) is 11.6. The van der Waals surface area contributed by atoms with Crippen LogP contribution in [0.5, 0.6) is 0 Å². The fraction of sp³-hybridized carbons (Fsp3) is 0.810. The molecule has 0 amide bonds. The van der Waals surface area contributed by atoms with Crippen molar-refractivity contribution >= 4 is 12.1 Å². The van der Waals surface area contributed by atoms with Crippen LogP contribution < -0.4 is 0 Å². The van der Waals surface area contributed by atoms with Crippen LogP contribution in [-0.2, 0) is 9.59 Å². The predicted molar refractivity (Wildman–Crippen MR) is 92.6 cm³/mol. The number of carbonyl (C=O) groups excluding carboxylic acids is 2. The van der Waals surface area contributed by atoms with E-state index in [1.165, 1.54) is 0 Å². The average Bonchev–Trinajstić information content (AvgIpc) is 2.82. The smallest absolute Gasteiger partial charge is 0.155 e. The number of halogens is 1. The van der Waals surface area contributed by atoms with Crippen molar-refractivity contribution in [3.05, 3.63) is 11.6 Å². The highest BCUT2D eigenvalue weighted by Crippen LogP contribution is 2.71. The number of aliphatic hydroxyl groups excluding tert-OH is 1. The molecule has 138 valence electrons. The lowest BCUT2D eigenvalue weighted by atomic mass is 9.43. The molecule has 7 atom stereocenters. The van der Waals surface area contributed by atoms with E-state index < -0.39 is 22.6 Å². The molecule has 0 bridgehead atoms. The van der Waals surface area contributed by atoms with E-state index in [-0.39, 0.29) is 23.0 Å². The van der Waals surface area contributed by atoms with Crippen molar-refractivity contribution in [2.24, 2.45) is 28.1 Å². The molecule has 0 aromatic carbocycles. The second kappa shape index (κ2) is 5.03. The van der Waals surface area contributed by atoms with E-state index in [2.05, 4.69) is 6.92 Å². The number of fused-ring (bicyclic) bond motifs is 5. The van der Waals surface area contributed by atoms with Crippen LogP contribution in [0.1, 0.15) is 65.7 Å². The molecular formula is C21H29FO3. The molecule has 0 heterocycles. The summed E-state index contributed by atoms with van der Waals surface area (Å²) in [5, 5.41) is 11.1. The highest BCUT2D eigenvalue weighted by atomic mass is 19.1. The first kappa shape index (κ1) is 17.4. The van der Waals surface area contributed by atoms with Gasteiger partial charge in [-0.05, 0) is 55.9 Å². The van der Waals surface area contributed by atoms with Gasteiger partial charge in [0.25, 0.3) is 0 Å². The zero-order valence-electron chi connectivity index (χ0n) is 15.5. The van der Waals surface area contributed by atoms with Gasteiger partial charge < -0.3 is 9.90 Å². The third kappa shape index (κ3) is 1.85. The Balaban J connectivity index is 1.82. The molecule has 3 fully saturated rings. The largest absolute Gasteiger partial charge is 0.390 e. The summed E-state index contributed by atoms with van der Waals surface area (Å²) in [6, 6.07) is 0. The lowest BCUT2D eigenvalue weighted by Crippen LogP contribution is -2.67. The number of carbonyl (C=O) groups is 2. The van der Waals surface area contributed by atoms with E-state index in [0.29, 0.717) is 25.7 Å². The van der Waals surface area contributed by atoms with Gasteiger partial charge in [0.2, 0.25) is 0 Å². The summed E-state index contributed by atoms with van der Waals surface area (Å²) in [6.07, 6.45) is 5.79. The lowest BCUT2D eigenvalue weighted by Gasteiger charge is -2.63. The zero-order valence-corrected chi connectivity index (χ0v) is 15.5. The molecule has 0 radical (unpaired) electrons. The van der Waals surface area contributed by atoms with Crippen LogP contribution >= 0.6 is 0 Å². The van der Waals surface area contributed by atoms with E-state index in [4.69, 9.17) is 0 Å². The molecular weight excluding hydrogens is 319 g/mol. The molecule has 4 heteroatoms. The molecule has 0 aromatic rings. The highest BCUT2D eigenvalue weighted by Gasteiger charge is 2.72. The van der Waals surface area contributed by atoms with Crippen LogP contribution in [0.2, 0.25) is 0 Å². The van der Waals surface area contributed by atoms with Crippen molar-refractivity contribution < 1.29 is 19.1 Å². The quantitative estimate of drug-likeness (QED) is 0.734. The van der Waals surface area contributed by atoms with Crippen molar-refractivity contribution in [1.29, 1.82) is 0 Å². The van der Waals surface area contributed by atoms with Gasteiger partial charge in [-0.2, -0.15) is 0 Å². The Morgan fingerprint density at radius 2 is 1.88 bits per heavy atom. The summed E-state index contributed by atoms with van der Waals surface area (Å²) < 4.78 is 16.7. The van der Waals surface area contributed by atoms with Crippen molar-refractivity contribution in [3.63, 3.8) is 0 Å². The van der Waals surface area contributed by atoms with Crippen LogP contribution in [0, 0.1) is 28.1 Å². The Labute approximate surface area is 149 Å². The lowest BCUT2D eigenvalue weighted by molar-refractivity contribution is -0.214. The maximum Gasteiger partial charge on any atom is 0.155 e. The van der Waals surface area contributed by atoms with E-state index in [9.17, 15) is 14.7 Å². The fourth-order valence-electron chi connectivity index (χ4n) is 7.04. The molecule has 0 aromatic heterocycles. The number of alkyl halides is 1. The van der Waals surface area contributed by atoms with Crippen LogP contribution in [0.4, 0.5) is 4.39 Å². The molecule has 3 nitrogen and oxygen atoms in total. The van der Waals surface area contributed by atoms with E-state index in [0.717, 1.165) is 31.1 Å². The number of hydrogen-bond acceptors (Lipinski definition) is 3. The number of aliphatic hydroxyl groups is 1. The van der Waals surface area contributed by atoms with Gasteiger partial charge in [0.15, 0.2) is 5.78 Å². The van der Waals surface area contributed by atoms with Crippen molar-refractivity contribution in [2.75, 3.05) is 0 Å². The minimum atomic E-state index is -1.70. The SMILES string of the molecule is CC1(C=O)CCC2C3CCC4=CC(=O)CCC4(C)C3(F)C(O)CC21C. The van der Waals surface area contributed by atoms with Crippen molar-refractivity contribution in [3.8, 4) is 0 Å². The second-order valence-corrected chi connectivity index (χ2v) is 9.70. The first-order valence-corrected chi connectivity index (χ1v) is 9.69. The van der Waals surface area contributed by atoms with Gasteiger partial charge in [-0.15, -0.1) is 0 Å². The highest BCUT2D eigenvalue weighted by molar-refractivity contribution is 5.91. The van der Waals surface area contributed by atoms with Crippen LogP contribution in [0.25, 0.3) is 0 Å². The van der Waals surface area contributed by atoms with E-state index in [1.54, 1.807) is 6.08 Å². The van der Waals surface area contributed by atoms with Gasteiger partial charge in [0.05, 0.1) is 6.10 Å². The minimum absolute atomic E-state index is 0.0825. The Kier molecular flexibility index (Phi) is 3.50. The van der Waals surface area contributed by atoms with E-state index >= 15 is 4.39 Å². The maximum absolute atomic E-state index is 16.7. The number of hydrogen-bond donors (Lipinski definition) is 1. The van der Waals surface area contributed by atoms with Gasteiger partial charge in [0, 0.05) is 23.2 Å². The Morgan fingerprint density at radius 3 is 2.56 bits per heavy atom. The van der Waals surface area contributed by atoms with Crippen molar-refractivity contribution in [2.45, 2.75) is 77.5 Å². The molecule has 7 unspecified atom stereocenters. The number of rotatable bonds is 1. The Bertz CT molecular complexity index is 672. The normalized spacial score (nSPS) is 55.0. The topological polar surface area (TPSA) is 54.4 Å². The third-order valence-electron chi connectivity index (χ3n) is 8.97. The molecule has 0 saturated heterocycles. The number of ketones is 1. The fourth-order valence-corrected chi connectivity index (χ4v) is 7.04. The summed E-state index contributed by atoms with van der Waals surface area (Å²) >= 11 is 0. The van der Waals surface area contributed by atoms with Crippen LogP contribution in [0.3, 0.4) is 0 Å². The van der Waals surface area contributed by atoms with Crippen molar-refractivity contribution in [1.82, 2.24) is 0 Å².